The minimum atomic E-state index is -0.315. The van der Waals surface area contributed by atoms with E-state index < -0.39 is 0 Å². The number of rotatable bonds is 2. The molecule has 5 nitrogen and oxygen atoms in total. The number of ether oxygens (including phenoxy) is 1. The number of hydrogen-bond donors (Lipinski definition) is 3. The number of phenolic OH excluding ortho intramolecular Hbond substituents is 1. The standard InChI is InChI=1S/C12H16N2O3/c13-10-5-1-4-9(11(10)15)12(16)14-8-3-2-6-17-7-8/h1,4-5,8,15H,2-3,6-7,13H2,(H,14,16). The summed E-state index contributed by atoms with van der Waals surface area (Å²) in [6, 6.07) is 4.75. The second-order valence-electron chi connectivity index (χ2n) is 4.13. The van der Waals surface area contributed by atoms with Gasteiger partial charge in [-0.15, -0.1) is 0 Å². The van der Waals surface area contributed by atoms with Crippen LogP contribution in [0.5, 0.6) is 5.75 Å². The number of amides is 1. The Morgan fingerprint density at radius 2 is 2.35 bits per heavy atom. The number of carbonyl (C=O) groups excluding carboxylic acids is 1. The molecule has 1 aromatic rings. The van der Waals surface area contributed by atoms with Crippen molar-refractivity contribution in [3.05, 3.63) is 23.8 Å². The van der Waals surface area contributed by atoms with Gasteiger partial charge in [-0.3, -0.25) is 4.79 Å². The molecule has 1 unspecified atom stereocenters. The summed E-state index contributed by atoms with van der Waals surface area (Å²) in [4.78, 5) is 11.9. The van der Waals surface area contributed by atoms with Gasteiger partial charge in [-0.2, -0.15) is 0 Å². The largest absolute Gasteiger partial charge is 0.505 e. The van der Waals surface area contributed by atoms with Gasteiger partial charge in [0.25, 0.3) is 5.91 Å². The van der Waals surface area contributed by atoms with Crippen LogP contribution in [-0.2, 0) is 4.74 Å². The minimum Gasteiger partial charge on any atom is -0.505 e. The predicted octanol–water partition coefficient (Wildman–Crippen LogP) is 0.883. The molecule has 4 N–H and O–H groups in total. The van der Waals surface area contributed by atoms with Crippen molar-refractivity contribution in [3.8, 4) is 5.75 Å². The lowest BCUT2D eigenvalue weighted by Gasteiger charge is -2.23. The van der Waals surface area contributed by atoms with Crippen LogP contribution in [0, 0.1) is 0 Å². The summed E-state index contributed by atoms with van der Waals surface area (Å²) < 4.78 is 5.27. The summed E-state index contributed by atoms with van der Waals surface area (Å²) in [5.74, 6) is -0.480. The minimum absolute atomic E-state index is 0.0112. The van der Waals surface area contributed by atoms with Gasteiger partial charge in [0.2, 0.25) is 0 Å². The fraction of sp³-hybridized carbons (Fsp3) is 0.417. The molecule has 1 heterocycles. The topological polar surface area (TPSA) is 84.6 Å². The van der Waals surface area contributed by atoms with Crippen molar-refractivity contribution in [1.29, 1.82) is 0 Å². The number of para-hydroxylation sites is 1. The van der Waals surface area contributed by atoms with E-state index in [-0.39, 0.29) is 28.9 Å². The van der Waals surface area contributed by atoms with Gasteiger partial charge in [0.1, 0.15) is 0 Å². The highest BCUT2D eigenvalue weighted by Gasteiger charge is 2.19. The van der Waals surface area contributed by atoms with Gasteiger partial charge in [-0.05, 0) is 25.0 Å². The van der Waals surface area contributed by atoms with E-state index in [0.717, 1.165) is 19.4 Å². The van der Waals surface area contributed by atoms with E-state index in [9.17, 15) is 9.90 Å². The molecule has 0 bridgehead atoms. The smallest absolute Gasteiger partial charge is 0.255 e. The second kappa shape index (κ2) is 5.05. The molecule has 5 heteroatoms. The Labute approximate surface area is 99.6 Å². The molecule has 1 aliphatic heterocycles. The zero-order valence-corrected chi connectivity index (χ0v) is 9.48. The maximum absolute atomic E-state index is 11.9. The molecule has 1 atom stereocenters. The van der Waals surface area contributed by atoms with Crippen LogP contribution in [0.25, 0.3) is 0 Å². The molecule has 1 saturated heterocycles. The normalized spacial score (nSPS) is 19.9. The molecule has 92 valence electrons. The highest BCUT2D eigenvalue weighted by molar-refractivity contribution is 5.98. The number of nitrogens with two attached hydrogens (primary N) is 1. The molecular formula is C12H16N2O3. The van der Waals surface area contributed by atoms with Crippen LogP contribution < -0.4 is 11.1 Å². The molecule has 1 fully saturated rings. The highest BCUT2D eigenvalue weighted by atomic mass is 16.5. The van der Waals surface area contributed by atoms with E-state index in [4.69, 9.17) is 10.5 Å². The van der Waals surface area contributed by atoms with Crippen molar-refractivity contribution in [3.63, 3.8) is 0 Å². The lowest BCUT2D eigenvalue weighted by atomic mass is 10.1. The summed E-state index contributed by atoms with van der Waals surface area (Å²) in [6.45, 7) is 1.27. The van der Waals surface area contributed by atoms with Crippen LogP contribution >= 0.6 is 0 Å². The van der Waals surface area contributed by atoms with Crippen molar-refractivity contribution in [1.82, 2.24) is 5.32 Å². The van der Waals surface area contributed by atoms with Crippen LogP contribution in [0.1, 0.15) is 23.2 Å². The number of hydrogen-bond acceptors (Lipinski definition) is 4. The van der Waals surface area contributed by atoms with Crippen molar-refractivity contribution in [2.45, 2.75) is 18.9 Å². The summed E-state index contributed by atoms with van der Waals surface area (Å²) in [5, 5.41) is 12.5. The van der Waals surface area contributed by atoms with Gasteiger partial charge in [-0.1, -0.05) is 6.07 Å². The molecule has 2 rings (SSSR count). The van der Waals surface area contributed by atoms with Gasteiger partial charge in [0.05, 0.1) is 23.9 Å². The van der Waals surface area contributed by atoms with E-state index >= 15 is 0 Å². The first kappa shape index (κ1) is 11.7. The lowest BCUT2D eigenvalue weighted by molar-refractivity contribution is 0.0623. The summed E-state index contributed by atoms with van der Waals surface area (Å²) in [6.07, 6.45) is 1.84. The van der Waals surface area contributed by atoms with Crippen molar-refractivity contribution >= 4 is 11.6 Å². The van der Waals surface area contributed by atoms with Crippen LogP contribution in [-0.4, -0.2) is 30.3 Å². The molecule has 0 saturated carbocycles. The average Bonchev–Trinajstić information content (AvgIpc) is 2.34. The third-order valence-corrected chi connectivity index (χ3v) is 2.81. The number of carbonyl (C=O) groups is 1. The number of aromatic hydroxyl groups is 1. The van der Waals surface area contributed by atoms with Gasteiger partial charge in [0.15, 0.2) is 5.75 Å². The van der Waals surface area contributed by atoms with Crippen LogP contribution in [0.4, 0.5) is 5.69 Å². The Balaban J connectivity index is 2.06. The Bertz CT molecular complexity index is 414. The fourth-order valence-corrected chi connectivity index (χ4v) is 1.86. The number of benzene rings is 1. The molecule has 0 spiro atoms. The summed E-state index contributed by atoms with van der Waals surface area (Å²) in [5.41, 5.74) is 5.95. The molecule has 1 amide bonds. The second-order valence-corrected chi connectivity index (χ2v) is 4.13. The molecule has 0 aliphatic carbocycles. The monoisotopic (exact) mass is 236 g/mol. The first-order valence-electron chi connectivity index (χ1n) is 5.64. The zero-order chi connectivity index (χ0) is 12.3. The molecule has 0 aromatic heterocycles. The maximum Gasteiger partial charge on any atom is 0.255 e. The van der Waals surface area contributed by atoms with Crippen molar-refractivity contribution in [2.75, 3.05) is 18.9 Å². The zero-order valence-electron chi connectivity index (χ0n) is 9.48. The van der Waals surface area contributed by atoms with Gasteiger partial charge >= 0.3 is 0 Å². The first-order valence-corrected chi connectivity index (χ1v) is 5.64. The molecular weight excluding hydrogens is 220 g/mol. The Hall–Kier alpha value is -1.75. The molecule has 1 aliphatic rings. The maximum atomic E-state index is 11.9. The highest BCUT2D eigenvalue weighted by Crippen LogP contribution is 2.24. The Kier molecular flexibility index (Phi) is 3.49. The van der Waals surface area contributed by atoms with Crippen LogP contribution in [0.15, 0.2) is 18.2 Å². The van der Waals surface area contributed by atoms with E-state index in [1.54, 1.807) is 18.2 Å². The molecule has 17 heavy (non-hydrogen) atoms. The average molecular weight is 236 g/mol. The van der Waals surface area contributed by atoms with E-state index in [1.165, 1.54) is 0 Å². The number of phenols is 1. The van der Waals surface area contributed by atoms with Crippen molar-refractivity contribution < 1.29 is 14.6 Å². The number of nitrogens with one attached hydrogen (secondary N) is 1. The summed E-state index contributed by atoms with van der Waals surface area (Å²) in [7, 11) is 0. The third-order valence-electron chi connectivity index (χ3n) is 2.81. The van der Waals surface area contributed by atoms with Crippen molar-refractivity contribution in [2.24, 2.45) is 0 Å². The third kappa shape index (κ3) is 2.68. The number of nitrogen functional groups attached to an aromatic ring is 1. The van der Waals surface area contributed by atoms with Gasteiger partial charge in [0, 0.05) is 6.61 Å². The van der Waals surface area contributed by atoms with E-state index in [1.807, 2.05) is 0 Å². The molecule has 1 aromatic carbocycles. The number of anilines is 1. The SMILES string of the molecule is Nc1cccc(C(=O)NC2CCCOC2)c1O. The molecule has 0 radical (unpaired) electrons. The van der Waals surface area contributed by atoms with E-state index in [2.05, 4.69) is 5.32 Å². The Morgan fingerprint density at radius 1 is 1.53 bits per heavy atom. The first-order chi connectivity index (χ1) is 8.18. The fourth-order valence-electron chi connectivity index (χ4n) is 1.86. The van der Waals surface area contributed by atoms with Gasteiger partial charge < -0.3 is 20.9 Å². The van der Waals surface area contributed by atoms with E-state index in [0.29, 0.717) is 6.61 Å². The van der Waals surface area contributed by atoms with Crippen LogP contribution in [0.3, 0.4) is 0 Å². The summed E-state index contributed by atoms with van der Waals surface area (Å²) >= 11 is 0. The predicted molar refractivity (Wildman–Crippen MR) is 63.8 cm³/mol. The van der Waals surface area contributed by atoms with Gasteiger partial charge in [-0.25, -0.2) is 0 Å². The quantitative estimate of drug-likeness (QED) is 0.525. The Morgan fingerprint density at radius 3 is 3.06 bits per heavy atom. The van der Waals surface area contributed by atoms with Crippen LogP contribution in [0.2, 0.25) is 0 Å². The lowest BCUT2D eigenvalue weighted by Crippen LogP contribution is -2.40.